The summed E-state index contributed by atoms with van der Waals surface area (Å²) < 4.78 is 0. The quantitative estimate of drug-likeness (QED) is 0.583. The van der Waals surface area contributed by atoms with E-state index < -0.39 is 0 Å². The van der Waals surface area contributed by atoms with Gasteiger partial charge < -0.3 is 5.32 Å². The predicted octanol–water partition coefficient (Wildman–Crippen LogP) is 5.17. The first-order valence-corrected chi connectivity index (χ1v) is 8.94. The highest BCUT2D eigenvalue weighted by atomic mass is 32.2. The Labute approximate surface area is 139 Å². The van der Waals surface area contributed by atoms with E-state index >= 15 is 0 Å². The van der Waals surface area contributed by atoms with E-state index in [2.05, 4.69) is 81.5 Å². The monoisotopic (exact) mass is 313 g/mol. The minimum atomic E-state index is 0.227. The summed E-state index contributed by atoms with van der Waals surface area (Å²) in [4.78, 5) is 1.40. The molecule has 2 rings (SSSR count). The van der Waals surface area contributed by atoms with Crippen molar-refractivity contribution < 1.29 is 0 Å². The molecular weight excluding hydrogens is 286 g/mol. The second-order valence-electron chi connectivity index (χ2n) is 6.74. The summed E-state index contributed by atoms with van der Waals surface area (Å²) in [6.45, 7) is 11.0. The molecule has 0 spiro atoms. The van der Waals surface area contributed by atoms with Gasteiger partial charge in [-0.25, -0.2) is 0 Å². The van der Waals surface area contributed by atoms with Gasteiger partial charge in [0.15, 0.2) is 0 Å². The van der Waals surface area contributed by atoms with Crippen molar-refractivity contribution in [3.8, 4) is 0 Å². The Bertz CT molecular complexity index is 584. The van der Waals surface area contributed by atoms with Crippen LogP contribution in [0.2, 0.25) is 0 Å². The van der Waals surface area contributed by atoms with Gasteiger partial charge in [0, 0.05) is 23.7 Å². The molecule has 1 N–H and O–H groups in total. The average molecular weight is 314 g/mol. The highest BCUT2D eigenvalue weighted by Crippen LogP contribution is 2.28. The normalized spacial score (nSPS) is 11.6. The molecule has 0 heterocycles. The second kappa shape index (κ2) is 7.85. The fourth-order valence-electron chi connectivity index (χ4n) is 2.34. The van der Waals surface area contributed by atoms with Gasteiger partial charge in [-0.15, -0.1) is 11.8 Å². The van der Waals surface area contributed by atoms with Crippen molar-refractivity contribution in [2.75, 3.05) is 12.3 Å². The Hall–Kier alpha value is -1.25. The molecule has 2 aromatic carbocycles. The predicted molar refractivity (Wildman–Crippen MR) is 98.8 cm³/mol. The van der Waals surface area contributed by atoms with Crippen molar-refractivity contribution in [1.29, 1.82) is 0 Å². The molecule has 0 unspecified atom stereocenters. The zero-order valence-corrected chi connectivity index (χ0v) is 15.0. The molecule has 2 aromatic rings. The number of nitrogens with one attached hydrogen (secondary N) is 1. The first-order chi connectivity index (χ1) is 10.5. The van der Waals surface area contributed by atoms with Gasteiger partial charge in [0.25, 0.3) is 0 Å². The second-order valence-corrected chi connectivity index (χ2v) is 7.88. The van der Waals surface area contributed by atoms with Gasteiger partial charge in [-0.1, -0.05) is 63.2 Å². The lowest BCUT2D eigenvalue weighted by molar-refractivity contribution is 0.589. The van der Waals surface area contributed by atoms with E-state index in [1.165, 1.54) is 21.6 Å². The van der Waals surface area contributed by atoms with Gasteiger partial charge in [0.1, 0.15) is 0 Å². The molecule has 0 aliphatic heterocycles. The van der Waals surface area contributed by atoms with Gasteiger partial charge in [-0.05, 0) is 35.1 Å². The van der Waals surface area contributed by atoms with E-state index in [9.17, 15) is 0 Å². The minimum Gasteiger partial charge on any atom is -0.312 e. The Balaban J connectivity index is 1.77. The van der Waals surface area contributed by atoms with Crippen molar-refractivity contribution in [2.24, 2.45) is 0 Å². The van der Waals surface area contributed by atoms with Crippen LogP contribution in [0.25, 0.3) is 0 Å². The standard InChI is InChI=1S/C20H27NS/c1-16-14-18(20(2,3)4)10-11-19(16)22-13-12-21-15-17-8-6-5-7-9-17/h5-11,14,21H,12-13,15H2,1-4H3. The number of benzene rings is 2. The topological polar surface area (TPSA) is 12.0 Å². The molecule has 22 heavy (non-hydrogen) atoms. The van der Waals surface area contributed by atoms with Crippen molar-refractivity contribution in [3.63, 3.8) is 0 Å². The van der Waals surface area contributed by atoms with Crippen LogP contribution in [0.15, 0.2) is 53.4 Å². The van der Waals surface area contributed by atoms with Gasteiger partial charge in [0.2, 0.25) is 0 Å². The average Bonchev–Trinajstić information content (AvgIpc) is 2.48. The molecule has 0 saturated heterocycles. The van der Waals surface area contributed by atoms with Crippen molar-refractivity contribution in [2.45, 2.75) is 44.6 Å². The van der Waals surface area contributed by atoms with E-state index in [1.54, 1.807) is 0 Å². The number of rotatable bonds is 6. The SMILES string of the molecule is Cc1cc(C(C)(C)C)ccc1SCCNCc1ccccc1. The van der Waals surface area contributed by atoms with Crippen LogP contribution in [0.3, 0.4) is 0 Å². The number of hydrogen-bond acceptors (Lipinski definition) is 2. The zero-order valence-electron chi connectivity index (χ0n) is 14.1. The number of thioether (sulfide) groups is 1. The van der Waals surface area contributed by atoms with Crippen molar-refractivity contribution in [3.05, 3.63) is 65.2 Å². The molecule has 0 aliphatic rings. The van der Waals surface area contributed by atoms with Crippen LogP contribution in [0.5, 0.6) is 0 Å². The summed E-state index contributed by atoms with van der Waals surface area (Å²) in [5, 5.41) is 3.51. The Morgan fingerprint density at radius 1 is 1.00 bits per heavy atom. The molecular formula is C20H27NS. The third-order valence-electron chi connectivity index (χ3n) is 3.75. The maximum absolute atomic E-state index is 3.51. The highest BCUT2D eigenvalue weighted by molar-refractivity contribution is 7.99. The molecule has 1 nitrogen and oxygen atoms in total. The van der Waals surface area contributed by atoms with Crippen molar-refractivity contribution in [1.82, 2.24) is 5.32 Å². The maximum Gasteiger partial charge on any atom is 0.0205 e. The lowest BCUT2D eigenvalue weighted by Gasteiger charge is -2.20. The summed E-state index contributed by atoms with van der Waals surface area (Å²) in [5.41, 5.74) is 4.38. The zero-order chi connectivity index (χ0) is 16.0. The molecule has 0 radical (unpaired) electrons. The Morgan fingerprint density at radius 3 is 2.36 bits per heavy atom. The summed E-state index contributed by atoms with van der Waals surface area (Å²) >= 11 is 1.94. The Morgan fingerprint density at radius 2 is 1.73 bits per heavy atom. The summed E-state index contributed by atoms with van der Waals surface area (Å²) in [5.74, 6) is 1.10. The van der Waals surface area contributed by atoms with E-state index in [0.717, 1.165) is 18.8 Å². The molecule has 0 fully saturated rings. The minimum absolute atomic E-state index is 0.227. The fraction of sp³-hybridized carbons (Fsp3) is 0.400. The van der Waals surface area contributed by atoms with Gasteiger partial charge >= 0.3 is 0 Å². The number of aryl methyl sites for hydroxylation is 1. The molecule has 118 valence electrons. The molecule has 2 heteroatoms. The summed E-state index contributed by atoms with van der Waals surface area (Å²) in [6.07, 6.45) is 0. The lowest BCUT2D eigenvalue weighted by atomic mass is 9.86. The molecule has 0 amide bonds. The van der Waals surface area contributed by atoms with Gasteiger partial charge in [-0.2, -0.15) is 0 Å². The Kier molecular flexibility index (Phi) is 6.10. The van der Waals surface area contributed by atoms with Crippen LogP contribution in [0.4, 0.5) is 0 Å². The smallest absolute Gasteiger partial charge is 0.0205 e. The van der Waals surface area contributed by atoms with E-state index in [1.807, 2.05) is 11.8 Å². The summed E-state index contributed by atoms with van der Waals surface area (Å²) in [7, 11) is 0. The molecule has 0 aromatic heterocycles. The van der Waals surface area contributed by atoms with Crippen LogP contribution >= 0.6 is 11.8 Å². The van der Waals surface area contributed by atoms with Crippen LogP contribution in [-0.4, -0.2) is 12.3 Å². The molecule has 0 bridgehead atoms. The van der Waals surface area contributed by atoms with Crippen LogP contribution in [0.1, 0.15) is 37.5 Å². The van der Waals surface area contributed by atoms with Crippen molar-refractivity contribution >= 4 is 11.8 Å². The van der Waals surface area contributed by atoms with Gasteiger partial charge in [-0.3, -0.25) is 0 Å². The van der Waals surface area contributed by atoms with Crippen LogP contribution in [0, 0.1) is 6.92 Å². The largest absolute Gasteiger partial charge is 0.312 e. The maximum atomic E-state index is 3.51. The first-order valence-electron chi connectivity index (χ1n) is 7.95. The number of hydrogen-bond donors (Lipinski definition) is 1. The van der Waals surface area contributed by atoms with E-state index in [-0.39, 0.29) is 5.41 Å². The summed E-state index contributed by atoms with van der Waals surface area (Å²) in [6, 6.07) is 17.4. The van der Waals surface area contributed by atoms with Crippen LogP contribution < -0.4 is 5.32 Å². The molecule has 0 saturated carbocycles. The van der Waals surface area contributed by atoms with E-state index in [4.69, 9.17) is 0 Å². The van der Waals surface area contributed by atoms with Gasteiger partial charge in [0.05, 0.1) is 0 Å². The lowest BCUT2D eigenvalue weighted by Crippen LogP contribution is -2.16. The fourth-order valence-corrected chi connectivity index (χ4v) is 3.26. The third-order valence-corrected chi connectivity index (χ3v) is 4.93. The highest BCUT2D eigenvalue weighted by Gasteiger charge is 2.14. The molecule has 0 aliphatic carbocycles. The first kappa shape index (κ1) is 17.1. The van der Waals surface area contributed by atoms with Crippen LogP contribution in [-0.2, 0) is 12.0 Å². The van der Waals surface area contributed by atoms with E-state index in [0.29, 0.717) is 0 Å². The molecule has 0 atom stereocenters. The third kappa shape index (κ3) is 5.19.